The topological polar surface area (TPSA) is 49.3 Å². The van der Waals surface area contributed by atoms with Crippen LogP contribution in [0, 0.1) is 13.0 Å². The van der Waals surface area contributed by atoms with Gasteiger partial charge in [0.1, 0.15) is 0 Å². The third-order valence-corrected chi connectivity index (χ3v) is 1.31. The maximum Gasteiger partial charge on any atom is 0.274 e. The maximum atomic E-state index is 10.8. The number of amides is 1. The lowest BCUT2D eigenvalue weighted by Crippen LogP contribution is -2.18. The number of benzene rings is 1. The predicted molar refractivity (Wildman–Crippen MR) is 39.3 cm³/mol. The number of carbonyl (C=O) groups excluding carboxylic acids is 1. The molecular formula is C8H8NO2. The second-order valence-corrected chi connectivity index (χ2v) is 2.20. The van der Waals surface area contributed by atoms with Crippen LogP contribution < -0.4 is 5.48 Å². The molecule has 1 amide bonds. The normalized spacial score (nSPS) is 9.27. The van der Waals surface area contributed by atoms with E-state index in [1.54, 1.807) is 23.7 Å². The number of hydrogen-bond acceptors (Lipinski definition) is 2. The minimum atomic E-state index is -0.498. The van der Waals surface area contributed by atoms with E-state index in [1.807, 2.05) is 6.92 Å². The first kappa shape index (κ1) is 7.75. The van der Waals surface area contributed by atoms with E-state index in [-0.39, 0.29) is 0 Å². The highest BCUT2D eigenvalue weighted by molar-refractivity contribution is 5.93. The molecule has 0 spiro atoms. The molecule has 0 heterocycles. The lowest BCUT2D eigenvalue weighted by Gasteiger charge is -1.97. The summed E-state index contributed by atoms with van der Waals surface area (Å²) in [5.74, 6) is -0.498. The fourth-order valence-electron chi connectivity index (χ4n) is 0.792. The van der Waals surface area contributed by atoms with Crippen LogP contribution in [0.2, 0.25) is 0 Å². The number of hydrogen-bond donors (Lipinski definition) is 2. The van der Waals surface area contributed by atoms with Crippen LogP contribution in [0.3, 0.4) is 0 Å². The van der Waals surface area contributed by atoms with Gasteiger partial charge in [-0.1, -0.05) is 6.07 Å². The zero-order valence-electron chi connectivity index (χ0n) is 6.09. The molecule has 0 bridgehead atoms. The van der Waals surface area contributed by atoms with E-state index < -0.39 is 5.91 Å². The molecule has 0 aliphatic carbocycles. The molecular weight excluding hydrogens is 142 g/mol. The van der Waals surface area contributed by atoms with Crippen LogP contribution in [-0.2, 0) is 0 Å². The van der Waals surface area contributed by atoms with Crippen molar-refractivity contribution in [1.29, 1.82) is 0 Å². The molecule has 1 aromatic carbocycles. The van der Waals surface area contributed by atoms with E-state index in [2.05, 4.69) is 6.07 Å². The minimum Gasteiger partial charge on any atom is -0.288 e. The van der Waals surface area contributed by atoms with E-state index in [9.17, 15) is 4.79 Å². The Morgan fingerprint density at radius 1 is 1.73 bits per heavy atom. The minimum absolute atomic E-state index is 0.434. The maximum absolute atomic E-state index is 10.8. The fourth-order valence-corrected chi connectivity index (χ4v) is 0.792. The molecule has 0 aliphatic rings. The standard InChI is InChI=1S/C8H8NO2/c1-6-3-2-4-7(5-6)8(10)9-11/h2,4-5,11H,1H3,(H,9,10). The van der Waals surface area contributed by atoms with Crippen molar-refractivity contribution in [1.82, 2.24) is 5.48 Å². The van der Waals surface area contributed by atoms with Crippen molar-refractivity contribution >= 4 is 5.91 Å². The quantitative estimate of drug-likeness (QED) is 0.462. The first-order chi connectivity index (χ1) is 5.24. The monoisotopic (exact) mass is 150 g/mol. The summed E-state index contributed by atoms with van der Waals surface area (Å²) >= 11 is 0. The largest absolute Gasteiger partial charge is 0.288 e. The first-order valence-electron chi connectivity index (χ1n) is 3.17. The van der Waals surface area contributed by atoms with Gasteiger partial charge in [0.15, 0.2) is 0 Å². The van der Waals surface area contributed by atoms with Crippen molar-refractivity contribution in [3.8, 4) is 0 Å². The highest BCUT2D eigenvalue weighted by atomic mass is 16.5. The molecule has 0 aliphatic heterocycles. The molecule has 0 saturated heterocycles. The van der Waals surface area contributed by atoms with E-state index in [1.165, 1.54) is 0 Å². The van der Waals surface area contributed by atoms with Crippen molar-refractivity contribution < 1.29 is 10.0 Å². The Morgan fingerprint density at radius 3 is 3.00 bits per heavy atom. The van der Waals surface area contributed by atoms with Crippen molar-refractivity contribution in [2.24, 2.45) is 0 Å². The second kappa shape index (κ2) is 3.16. The summed E-state index contributed by atoms with van der Waals surface area (Å²) in [6.07, 6.45) is 0. The fraction of sp³-hybridized carbons (Fsp3) is 0.125. The van der Waals surface area contributed by atoms with Gasteiger partial charge in [0.05, 0.1) is 0 Å². The van der Waals surface area contributed by atoms with E-state index >= 15 is 0 Å². The van der Waals surface area contributed by atoms with Crippen molar-refractivity contribution in [3.05, 3.63) is 35.4 Å². The van der Waals surface area contributed by atoms with E-state index in [4.69, 9.17) is 5.21 Å². The zero-order chi connectivity index (χ0) is 8.27. The van der Waals surface area contributed by atoms with Gasteiger partial charge in [0.2, 0.25) is 0 Å². The van der Waals surface area contributed by atoms with Gasteiger partial charge >= 0.3 is 0 Å². The predicted octanol–water partition coefficient (Wildman–Crippen LogP) is 0.914. The molecule has 11 heavy (non-hydrogen) atoms. The molecule has 0 fully saturated rings. The molecule has 1 rings (SSSR count). The molecule has 2 N–H and O–H groups in total. The van der Waals surface area contributed by atoms with Crippen LogP contribution in [0.1, 0.15) is 15.9 Å². The van der Waals surface area contributed by atoms with Crippen molar-refractivity contribution in [3.63, 3.8) is 0 Å². The molecule has 0 atom stereocenters. The summed E-state index contributed by atoms with van der Waals surface area (Å²) < 4.78 is 0. The number of nitrogens with one attached hydrogen (secondary N) is 1. The molecule has 3 nitrogen and oxygen atoms in total. The smallest absolute Gasteiger partial charge is 0.274 e. The Labute approximate surface area is 64.6 Å². The molecule has 3 heteroatoms. The summed E-state index contributed by atoms with van der Waals surface area (Å²) in [7, 11) is 0. The van der Waals surface area contributed by atoms with Gasteiger partial charge in [-0.15, -0.1) is 0 Å². The number of rotatable bonds is 1. The Morgan fingerprint density at radius 2 is 2.45 bits per heavy atom. The van der Waals surface area contributed by atoms with Crippen LogP contribution in [0.25, 0.3) is 0 Å². The summed E-state index contributed by atoms with van der Waals surface area (Å²) in [6, 6.07) is 7.75. The summed E-state index contributed by atoms with van der Waals surface area (Å²) in [4.78, 5) is 10.8. The highest BCUT2D eigenvalue weighted by Crippen LogP contribution is 2.01. The Bertz CT molecular complexity index is 271. The molecule has 0 unspecified atom stereocenters. The Balaban J connectivity index is 2.96. The molecule has 1 aromatic rings. The number of hydroxylamine groups is 1. The van der Waals surface area contributed by atoms with Crippen LogP contribution in [0.4, 0.5) is 0 Å². The van der Waals surface area contributed by atoms with Gasteiger partial charge in [0.25, 0.3) is 5.91 Å². The van der Waals surface area contributed by atoms with E-state index in [0.29, 0.717) is 5.56 Å². The lowest BCUT2D eigenvalue weighted by molar-refractivity contribution is 0.0706. The van der Waals surface area contributed by atoms with Crippen LogP contribution in [-0.4, -0.2) is 11.1 Å². The van der Waals surface area contributed by atoms with Crippen LogP contribution in [0.15, 0.2) is 18.2 Å². The number of carbonyl (C=O) groups is 1. The highest BCUT2D eigenvalue weighted by Gasteiger charge is 2.01. The van der Waals surface area contributed by atoms with Gasteiger partial charge in [-0.2, -0.15) is 0 Å². The van der Waals surface area contributed by atoms with Crippen LogP contribution in [0.5, 0.6) is 0 Å². The lowest BCUT2D eigenvalue weighted by atomic mass is 10.1. The van der Waals surface area contributed by atoms with Gasteiger partial charge < -0.3 is 0 Å². The van der Waals surface area contributed by atoms with Crippen LogP contribution >= 0.6 is 0 Å². The molecule has 57 valence electrons. The Hall–Kier alpha value is -1.35. The first-order valence-corrected chi connectivity index (χ1v) is 3.17. The molecule has 1 radical (unpaired) electrons. The molecule has 0 aromatic heterocycles. The molecule has 0 saturated carbocycles. The third-order valence-electron chi connectivity index (χ3n) is 1.31. The second-order valence-electron chi connectivity index (χ2n) is 2.20. The van der Waals surface area contributed by atoms with Crippen molar-refractivity contribution in [2.75, 3.05) is 0 Å². The SMILES string of the molecule is Cc1[c]ccc(C(=O)NO)c1. The third kappa shape index (κ3) is 1.78. The van der Waals surface area contributed by atoms with E-state index in [0.717, 1.165) is 5.56 Å². The van der Waals surface area contributed by atoms with Gasteiger partial charge in [-0.3, -0.25) is 10.0 Å². The number of aryl methyl sites for hydroxylation is 1. The summed E-state index contributed by atoms with van der Waals surface area (Å²) in [5, 5.41) is 8.27. The van der Waals surface area contributed by atoms with Gasteiger partial charge in [0, 0.05) is 5.56 Å². The zero-order valence-corrected chi connectivity index (χ0v) is 6.09. The van der Waals surface area contributed by atoms with Gasteiger partial charge in [-0.05, 0) is 30.7 Å². The summed E-state index contributed by atoms with van der Waals surface area (Å²) in [6.45, 7) is 1.83. The average molecular weight is 150 g/mol. The van der Waals surface area contributed by atoms with Gasteiger partial charge in [-0.25, -0.2) is 5.48 Å². The van der Waals surface area contributed by atoms with Crippen molar-refractivity contribution in [2.45, 2.75) is 6.92 Å². The summed E-state index contributed by atoms with van der Waals surface area (Å²) in [5.41, 5.74) is 2.86. The average Bonchev–Trinajstić information content (AvgIpc) is 2.03. The Kier molecular flexibility index (Phi) is 2.23.